The van der Waals surface area contributed by atoms with E-state index in [0.29, 0.717) is 32.9 Å². The Balaban J connectivity index is 1.44. The second kappa shape index (κ2) is 11.8. The van der Waals surface area contributed by atoms with E-state index in [4.69, 9.17) is 9.47 Å². The number of benzene rings is 3. The van der Waals surface area contributed by atoms with Gasteiger partial charge in [-0.25, -0.2) is 9.78 Å². The molecule has 1 amide bonds. The molecule has 5 rings (SSSR count). The summed E-state index contributed by atoms with van der Waals surface area (Å²) in [6.45, 7) is 3.73. The fourth-order valence-corrected chi connectivity index (χ4v) is 5.38. The topological polar surface area (TPSA) is 99.5 Å². The molecule has 0 saturated heterocycles. The van der Waals surface area contributed by atoms with Crippen LogP contribution in [0.2, 0.25) is 0 Å². The van der Waals surface area contributed by atoms with Crippen LogP contribution in [0.5, 0.6) is 5.75 Å². The number of methoxy groups -OCH3 is 1. The zero-order chi connectivity index (χ0) is 29.1. The van der Waals surface area contributed by atoms with Gasteiger partial charge in [-0.05, 0) is 42.5 Å². The number of ether oxygens (including phenoxy) is 2. The molecule has 0 fully saturated rings. The van der Waals surface area contributed by atoms with E-state index in [1.54, 1.807) is 33.2 Å². The molecule has 0 aliphatic heterocycles. The first-order chi connectivity index (χ1) is 19.8. The quantitative estimate of drug-likeness (QED) is 0.224. The maximum absolute atomic E-state index is 13.7. The van der Waals surface area contributed by atoms with E-state index in [1.807, 2.05) is 73.0 Å². The minimum absolute atomic E-state index is 0.0818. The average molecular weight is 568 g/mol. The van der Waals surface area contributed by atoms with Crippen molar-refractivity contribution >= 4 is 39.1 Å². The molecule has 1 unspecified atom stereocenters. The lowest BCUT2D eigenvalue weighted by Crippen LogP contribution is -2.34. The molecule has 0 spiro atoms. The highest BCUT2D eigenvalue weighted by molar-refractivity contribution is 7.14. The van der Waals surface area contributed by atoms with Crippen LogP contribution >= 0.6 is 11.3 Å². The number of carbonyl (C=O) groups is 2. The van der Waals surface area contributed by atoms with Crippen LogP contribution in [-0.4, -0.2) is 34.6 Å². The lowest BCUT2D eigenvalue weighted by molar-refractivity contribution is -0.124. The highest BCUT2D eigenvalue weighted by Gasteiger charge is 2.28. The van der Waals surface area contributed by atoms with Crippen LogP contribution in [0.3, 0.4) is 0 Å². The third kappa shape index (κ3) is 5.62. The number of nitrogens with zero attached hydrogens (tertiary/aromatic N) is 2. The van der Waals surface area contributed by atoms with Crippen molar-refractivity contribution in [3.8, 4) is 28.1 Å². The van der Waals surface area contributed by atoms with Crippen molar-refractivity contribution in [1.82, 2.24) is 9.55 Å². The lowest BCUT2D eigenvalue weighted by atomic mass is 9.96. The van der Waals surface area contributed by atoms with E-state index in [2.05, 4.69) is 10.3 Å². The van der Waals surface area contributed by atoms with Crippen LogP contribution in [0.1, 0.15) is 29.4 Å². The lowest BCUT2D eigenvalue weighted by Gasteiger charge is -2.20. The third-order valence-corrected chi connectivity index (χ3v) is 7.61. The number of hydrogen-bond donors (Lipinski definition) is 1. The maximum Gasteiger partial charge on any atom is 0.356 e. The summed E-state index contributed by atoms with van der Waals surface area (Å²) in [7, 11) is 3.14. The van der Waals surface area contributed by atoms with Crippen molar-refractivity contribution in [1.29, 1.82) is 0 Å². The Morgan fingerprint density at radius 3 is 2.44 bits per heavy atom. The molecular weight excluding hydrogens is 538 g/mol. The van der Waals surface area contributed by atoms with Gasteiger partial charge < -0.3 is 14.0 Å². The second-order valence-corrected chi connectivity index (χ2v) is 10.4. The highest BCUT2D eigenvalue weighted by Crippen LogP contribution is 2.32. The fourth-order valence-electron chi connectivity index (χ4n) is 4.66. The Hall–Kier alpha value is -4.76. The molecule has 0 saturated carbocycles. The molecule has 3 aromatic carbocycles. The van der Waals surface area contributed by atoms with Gasteiger partial charge in [-0.15, -0.1) is 11.3 Å². The van der Waals surface area contributed by atoms with Gasteiger partial charge in [-0.3, -0.25) is 14.9 Å². The van der Waals surface area contributed by atoms with Gasteiger partial charge in [-0.2, -0.15) is 0 Å². The predicted molar refractivity (Wildman–Crippen MR) is 162 cm³/mol. The molecule has 0 radical (unpaired) electrons. The van der Waals surface area contributed by atoms with E-state index in [-0.39, 0.29) is 17.7 Å². The van der Waals surface area contributed by atoms with Gasteiger partial charge in [0.2, 0.25) is 0 Å². The summed E-state index contributed by atoms with van der Waals surface area (Å²) in [6, 6.07) is 22.3. The number of esters is 1. The number of hydrogen-bond acceptors (Lipinski definition) is 7. The Labute approximate surface area is 241 Å². The first kappa shape index (κ1) is 27.8. The number of rotatable bonds is 8. The number of fused-ring (bicyclic) bond motifs is 1. The van der Waals surface area contributed by atoms with E-state index >= 15 is 0 Å². The van der Waals surface area contributed by atoms with Gasteiger partial charge in [0.05, 0.1) is 12.8 Å². The van der Waals surface area contributed by atoms with E-state index in [9.17, 15) is 14.4 Å². The van der Waals surface area contributed by atoms with Gasteiger partial charge >= 0.3 is 5.97 Å². The maximum atomic E-state index is 13.7. The summed E-state index contributed by atoms with van der Waals surface area (Å²) in [6.07, 6.45) is -0.869. The van der Waals surface area contributed by atoms with Crippen molar-refractivity contribution in [2.24, 2.45) is 7.05 Å². The van der Waals surface area contributed by atoms with Gasteiger partial charge in [-0.1, -0.05) is 67.1 Å². The molecule has 5 aromatic rings. The minimum Gasteiger partial charge on any atom is -0.497 e. The van der Waals surface area contributed by atoms with E-state index in [1.165, 1.54) is 15.9 Å². The first-order valence-electron chi connectivity index (χ1n) is 13.1. The molecule has 2 heterocycles. The van der Waals surface area contributed by atoms with Crippen LogP contribution in [0.15, 0.2) is 83.0 Å². The van der Waals surface area contributed by atoms with E-state index in [0.717, 1.165) is 16.7 Å². The van der Waals surface area contributed by atoms with Gasteiger partial charge in [0.25, 0.3) is 11.5 Å². The van der Waals surface area contributed by atoms with Crippen LogP contribution < -0.4 is 15.6 Å². The zero-order valence-electron chi connectivity index (χ0n) is 23.1. The number of pyridine rings is 1. The molecular formula is C32H29N3O5S. The first-order valence-corrected chi connectivity index (χ1v) is 14.0. The molecule has 0 aliphatic carbocycles. The number of aryl methyl sites for hydroxylation is 1. The SMILES string of the molecule is CCC(OC(=O)c1c(-c2ccc(C)cc2)c2ccccc2c(=O)n1C)C(=O)Nc1nc(-c2cccc(OC)c2)cs1. The summed E-state index contributed by atoms with van der Waals surface area (Å²) in [4.78, 5) is 44.7. The predicted octanol–water partition coefficient (Wildman–Crippen LogP) is 6.22. The number of nitrogens with one attached hydrogen (secondary N) is 1. The summed E-state index contributed by atoms with van der Waals surface area (Å²) in [5, 5.41) is 6.10. The molecule has 208 valence electrons. The van der Waals surface area contributed by atoms with Crippen molar-refractivity contribution in [2.75, 3.05) is 12.4 Å². The molecule has 1 atom stereocenters. The molecule has 2 aromatic heterocycles. The number of amides is 1. The monoisotopic (exact) mass is 567 g/mol. The van der Waals surface area contributed by atoms with E-state index < -0.39 is 18.0 Å². The van der Waals surface area contributed by atoms with Crippen LogP contribution in [0.25, 0.3) is 33.2 Å². The Kier molecular flexibility index (Phi) is 7.98. The minimum atomic E-state index is -1.10. The zero-order valence-corrected chi connectivity index (χ0v) is 24.0. The summed E-state index contributed by atoms with van der Waals surface area (Å²) < 4.78 is 12.3. The average Bonchev–Trinajstić information content (AvgIpc) is 3.46. The Morgan fingerprint density at radius 1 is 1.00 bits per heavy atom. The molecule has 0 bridgehead atoms. The molecule has 9 heteroatoms. The van der Waals surface area contributed by atoms with Crippen LogP contribution in [0, 0.1) is 6.92 Å². The summed E-state index contributed by atoms with van der Waals surface area (Å²) >= 11 is 1.27. The number of anilines is 1. The molecule has 41 heavy (non-hydrogen) atoms. The fraction of sp³-hybridized carbons (Fsp3) is 0.188. The van der Waals surface area contributed by atoms with Gasteiger partial charge in [0.1, 0.15) is 11.4 Å². The van der Waals surface area contributed by atoms with Crippen molar-refractivity contribution in [3.63, 3.8) is 0 Å². The number of carbonyl (C=O) groups excluding carboxylic acids is 2. The highest BCUT2D eigenvalue weighted by atomic mass is 32.1. The van der Waals surface area contributed by atoms with Gasteiger partial charge in [0.15, 0.2) is 11.2 Å². The van der Waals surface area contributed by atoms with Crippen LogP contribution in [-0.2, 0) is 16.6 Å². The van der Waals surface area contributed by atoms with Crippen LogP contribution in [0.4, 0.5) is 5.13 Å². The molecule has 8 nitrogen and oxygen atoms in total. The summed E-state index contributed by atoms with van der Waals surface area (Å²) in [5.41, 5.74) is 3.69. The third-order valence-electron chi connectivity index (χ3n) is 6.85. The summed E-state index contributed by atoms with van der Waals surface area (Å²) in [5.74, 6) is -0.564. The van der Waals surface area contributed by atoms with Crippen molar-refractivity contribution < 1.29 is 19.1 Å². The molecule has 0 aliphatic rings. The Morgan fingerprint density at radius 2 is 1.73 bits per heavy atom. The Bertz CT molecular complexity index is 1810. The second-order valence-electron chi connectivity index (χ2n) is 9.56. The standard InChI is InChI=1S/C32H29N3O5S/c1-5-26(29(36)34-32-33-25(18-41-32)21-9-8-10-22(17-21)39-4)40-31(38)28-27(20-15-13-19(2)14-16-20)23-11-6-7-12-24(23)30(37)35(28)3/h6-18,26H,5H2,1-4H3,(H,33,34,36). The normalized spacial score (nSPS) is 11.7. The number of thiazole rings is 1. The largest absolute Gasteiger partial charge is 0.497 e. The van der Waals surface area contributed by atoms with Crippen molar-refractivity contribution in [2.45, 2.75) is 26.4 Å². The number of aromatic nitrogens is 2. The smallest absolute Gasteiger partial charge is 0.356 e. The van der Waals surface area contributed by atoms with Crippen molar-refractivity contribution in [3.05, 3.63) is 99.8 Å². The molecule has 1 N–H and O–H groups in total. The van der Waals surface area contributed by atoms with Gasteiger partial charge in [0, 0.05) is 28.9 Å².